The lowest BCUT2D eigenvalue weighted by molar-refractivity contribution is -0.142. The minimum atomic E-state index is -4.77. The molecule has 0 aliphatic rings. The maximum absolute atomic E-state index is 13.6. The molecule has 1 aromatic carbocycles. The summed E-state index contributed by atoms with van der Waals surface area (Å²) in [5.41, 5.74) is -2.13. The van der Waals surface area contributed by atoms with Gasteiger partial charge in [-0.3, -0.25) is 0 Å². The van der Waals surface area contributed by atoms with Crippen LogP contribution >= 0.6 is 11.3 Å². The van der Waals surface area contributed by atoms with Crippen molar-refractivity contribution in [3.05, 3.63) is 69.9 Å². The summed E-state index contributed by atoms with van der Waals surface area (Å²) in [5, 5.41) is 5.89. The summed E-state index contributed by atoms with van der Waals surface area (Å²) in [6.07, 6.45) is -6.65. The third kappa shape index (κ3) is 3.86. The summed E-state index contributed by atoms with van der Waals surface area (Å²) < 4.78 is 79.6. The molecule has 0 spiro atoms. The number of aromatic nitrogens is 4. The Kier molecular flexibility index (Phi) is 4.74. The monoisotopic (exact) mass is 438 g/mol. The lowest BCUT2D eigenvalue weighted by Crippen LogP contribution is -2.13. The van der Waals surface area contributed by atoms with Gasteiger partial charge in [-0.15, -0.1) is 11.3 Å². The van der Waals surface area contributed by atoms with Crippen LogP contribution in [0.15, 0.2) is 48.1 Å². The van der Waals surface area contributed by atoms with Gasteiger partial charge >= 0.3 is 12.4 Å². The molecule has 4 aromatic rings. The second-order valence-electron chi connectivity index (χ2n) is 5.98. The van der Waals surface area contributed by atoms with Crippen LogP contribution in [0.5, 0.6) is 0 Å². The molecule has 11 heteroatoms. The van der Waals surface area contributed by atoms with E-state index in [1.54, 1.807) is 5.38 Å². The molecule has 0 bridgehead atoms. The van der Waals surface area contributed by atoms with E-state index >= 15 is 0 Å². The zero-order valence-electron chi connectivity index (χ0n) is 14.6. The molecule has 0 amide bonds. The average Bonchev–Trinajstić information content (AvgIpc) is 3.34. The molecule has 4 nitrogen and oxygen atoms in total. The molecule has 0 fully saturated rings. The van der Waals surface area contributed by atoms with E-state index in [1.165, 1.54) is 17.5 Å². The van der Waals surface area contributed by atoms with Gasteiger partial charge in [-0.2, -0.15) is 31.4 Å². The summed E-state index contributed by atoms with van der Waals surface area (Å²) in [6, 6.07) is 4.45. The van der Waals surface area contributed by atoms with Crippen LogP contribution in [-0.2, 0) is 12.4 Å². The van der Waals surface area contributed by atoms with E-state index in [1.807, 2.05) is 0 Å². The number of fused-ring (bicyclic) bond motifs is 1. The zero-order valence-corrected chi connectivity index (χ0v) is 15.4. The van der Waals surface area contributed by atoms with Crippen molar-refractivity contribution < 1.29 is 26.3 Å². The van der Waals surface area contributed by atoms with Crippen LogP contribution in [0, 0.1) is 11.8 Å². The van der Waals surface area contributed by atoms with E-state index in [-0.39, 0.29) is 22.5 Å². The van der Waals surface area contributed by atoms with Crippen molar-refractivity contribution in [1.82, 2.24) is 19.6 Å². The molecule has 3 heterocycles. The van der Waals surface area contributed by atoms with Crippen molar-refractivity contribution in [1.29, 1.82) is 0 Å². The molecule has 0 saturated heterocycles. The molecule has 30 heavy (non-hydrogen) atoms. The molecule has 0 saturated carbocycles. The lowest BCUT2D eigenvalue weighted by Gasteiger charge is -2.12. The standard InChI is InChI=1S/C19H8F6N4S/c20-18(21,22)13-4-1-11(2-5-13)14-9-15(19(23,24)25)29-17(28-14)12(10-27-29)3-6-16-26-7-8-30-16/h1-2,4-5,7-10H. The minimum absolute atomic E-state index is 0.0935. The Morgan fingerprint density at radius 1 is 0.933 bits per heavy atom. The number of rotatable bonds is 1. The third-order valence-electron chi connectivity index (χ3n) is 4.01. The molecule has 4 rings (SSSR count). The van der Waals surface area contributed by atoms with Gasteiger partial charge in [-0.1, -0.05) is 18.1 Å². The van der Waals surface area contributed by atoms with Gasteiger partial charge in [0.05, 0.1) is 23.0 Å². The quantitative estimate of drug-likeness (QED) is 0.300. The summed E-state index contributed by atoms with van der Waals surface area (Å²) in [4.78, 5) is 8.14. The fourth-order valence-electron chi connectivity index (χ4n) is 2.64. The highest BCUT2D eigenvalue weighted by molar-refractivity contribution is 7.10. The molecular formula is C19H8F6N4S. The van der Waals surface area contributed by atoms with Gasteiger partial charge in [0, 0.05) is 17.1 Å². The smallest absolute Gasteiger partial charge is 0.236 e. The van der Waals surface area contributed by atoms with Crippen LogP contribution in [0.25, 0.3) is 16.9 Å². The van der Waals surface area contributed by atoms with Gasteiger partial charge in [-0.05, 0) is 24.1 Å². The Hall–Kier alpha value is -3.39. The van der Waals surface area contributed by atoms with E-state index < -0.39 is 23.6 Å². The molecule has 0 N–H and O–H groups in total. The first-order valence-corrected chi connectivity index (χ1v) is 9.06. The first kappa shape index (κ1) is 19.9. The number of thiazole rings is 1. The van der Waals surface area contributed by atoms with Crippen molar-refractivity contribution in [2.45, 2.75) is 12.4 Å². The highest BCUT2D eigenvalue weighted by Gasteiger charge is 2.36. The highest BCUT2D eigenvalue weighted by Crippen LogP contribution is 2.34. The van der Waals surface area contributed by atoms with E-state index in [2.05, 4.69) is 26.9 Å². The number of hydrogen-bond acceptors (Lipinski definition) is 4. The summed E-state index contributed by atoms with van der Waals surface area (Å²) in [5.74, 6) is 5.41. The predicted molar refractivity (Wildman–Crippen MR) is 96.5 cm³/mol. The van der Waals surface area contributed by atoms with Crippen molar-refractivity contribution >= 4 is 17.0 Å². The fraction of sp³-hybridized carbons (Fsp3) is 0.105. The van der Waals surface area contributed by atoms with Crippen LogP contribution < -0.4 is 0 Å². The largest absolute Gasteiger partial charge is 0.433 e. The van der Waals surface area contributed by atoms with Crippen LogP contribution in [0.3, 0.4) is 0 Å². The SMILES string of the molecule is FC(F)(F)c1ccc(-c2cc(C(F)(F)F)n3ncc(C#Cc4nccs4)c3n2)cc1. The molecular weight excluding hydrogens is 430 g/mol. The van der Waals surface area contributed by atoms with Gasteiger partial charge in [0.15, 0.2) is 16.3 Å². The molecule has 0 radical (unpaired) electrons. The summed E-state index contributed by atoms with van der Waals surface area (Å²) in [6.45, 7) is 0. The Morgan fingerprint density at radius 3 is 2.27 bits per heavy atom. The molecule has 0 aliphatic carbocycles. The number of nitrogens with zero attached hydrogens (tertiary/aromatic N) is 4. The van der Waals surface area contributed by atoms with Crippen LogP contribution in [0.2, 0.25) is 0 Å². The van der Waals surface area contributed by atoms with Gasteiger partial charge < -0.3 is 0 Å². The second kappa shape index (κ2) is 7.14. The maximum atomic E-state index is 13.6. The lowest BCUT2D eigenvalue weighted by atomic mass is 10.1. The van der Waals surface area contributed by atoms with E-state index in [0.29, 0.717) is 9.52 Å². The first-order chi connectivity index (χ1) is 14.1. The van der Waals surface area contributed by atoms with Crippen molar-refractivity contribution in [2.75, 3.05) is 0 Å². The van der Waals surface area contributed by atoms with Crippen molar-refractivity contribution in [2.24, 2.45) is 0 Å². The number of alkyl halides is 6. The van der Waals surface area contributed by atoms with Gasteiger partial charge in [0.2, 0.25) is 0 Å². The number of hydrogen-bond donors (Lipinski definition) is 0. The molecule has 0 unspecified atom stereocenters. The Morgan fingerprint density at radius 2 is 1.67 bits per heavy atom. The Bertz CT molecular complexity index is 1260. The van der Waals surface area contributed by atoms with Crippen LogP contribution in [0.4, 0.5) is 26.3 Å². The highest BCUT2D eigenvalue weighted by atomic mass is 32.1. The number of halogens is 6. The zero-order chi connectivity index (χ0) is 21.5. The van der Waals surface area contributed by atoms with Crippen LogP contribution in [0.1, 0.15) is 21.8 Å². The van der Waals surface area contributed by atoms with Crippen molar-refractivity contribution in [3.8, 4) is 23.1 Å². The van der Waals surface area contributed by atoms with Crippen LogP contribution in [-0.4, -0.2) is 19.6 Å². The van der Waals surface area contributed by atoms with E-state index in [4.69, 9.17) is 0 Å². The Balaban J connectivity index is 1.87. The third-order valence-corrected chi connectivity index (χ3v) is 4.70. The predicted octanol–water partition coefficient (Wildman–Crippen LogP) is 5.29. The normalized spacial score (nSPS) is 12.1. The topological polar surface area (TPSA) is 43.1 Å². The maximum Gasteiger partial charge on any atom is 0.433 e. The Labute approximate surface area is 168 Å². The number of benzene rings is 1. The van der Waals surface area contributed by atoms with Gasteiger partial charge in [0.1, 0.15) is 0 Å². The summed E-state index contributed by atoms with van der Waals surface area (Å²) in [7, 11) is 0. The second-order valence-corrected chi connectivity index (χ2v) is 6.87. The fourth-order valence-corrected chi connectivity index (χ4v) is 3.12. The molecule has 152 valence electrons. The van der Waals surface area contributed by atoms with Crippen molar-refractivity contribution in [3.63, 3.8) is 0 Å². The van der Waals surface area contributed by atoms with Gasteiger partial charge in [0.25, 0.3) is 0 Å². The van der Waals surface area contributed by atoms with Gasteiger partial charge in [-0.25, -0.2) is 14.5 Å². The molecule has 0 aliphatic heterocycles. The van der Waals surface area contributed by atoms with E-state index in [0.717, 1.165) is 36.5 Å². The molecule has 0 atom stereocenters. The molecule has 3 aromatic heterocycles. The first-order valence-electron chi connectivity index (χ1n) is 8.18. The minimum Gasteiger partial charge on any atom is -0.236 e. The van der Waals surface area contributed by atoms with E-state index in [9.17, 15) is 26.3 Å². The summed E-state index contributed by atoms with van der Waals surface area (Å²) >= 11 is 1.26. The average molecular weight is 438 g/mol.